The second-order valence-corrected chi connectivity index (χ2v) is 6.90. The van der Waals surface area contributed by atoms with Crippen LogP contribution >= 0.6 is 0 Å². The first kappa shape index (κ1) is 18.7. The van der Waals surface area contributed by atoms with Crippen molar-refractivity contribution in [2.75, 3.05) is 6.61 Å². The van der Waals surface area contributed by atoms with Gasteiger partial charge in [-0.3, -0.25) is 18.7 Å². The van der Waals surface area contributed by atoms with Crippen LogP contribution in [0, 0.1) is 0 Å². The van der Waals surface area contributed by atoms with Crippen LogP contribution in [0.2, 0.25) is 0 Å². The molecule has 9 heteroatoms. The fourth-order valence-corrected chi connectivity index (χ4v) is 3.47. The highest BCUT2D eigenvalue weighted by molar-refractivity contribution is 5.83. The van der Waals surface area contributed by atoms with Crippen molar-refractivity contribution in [3.63, 3.8) is 0 Å². The average molecular weight is 395 g/mol. The second-order valence-electron chi connectivity index (χ2n) is 6.90. The normalized spacial score (nSPS) is 11.4. The number of carbonyl (C=O) groups excluding carboxylic acids is 1. The first-order valence-corrected chi connectivity index (χ1v) is 9.29. The van der Waals surface area contributed by atoms with Gasteiger partial charge in [-0.05, 0) is 18.1 Å². The number of esters is 1. The topological polar surface area (TPSA) is 104 Å². The molecule has 1 N–H and O–H groups in total. The molecule has 4 rings (SSSR count). The third kappa shape index (κ3) is 3.35. The Labute approximate surface area is 165 Å². The number of ether oxygens (including phenoxy) is 1. The Balaban J connectivity index is 1.38. The van der Waals surface area contributed by atoms with E-state index in [-0.39, 0.29) is 25.5 Å². The molecule has 0 amide bonds. The molecule has 0 atom stereocenters. The number of aryl methyl sites for hydroxylation is 2. The number of hydrogen-bond donors (Lipinski definition) is 1. The number of benzene rings is 1. The number of H-pyrrole nitrogens is 1. The second kappa shape index (κ2) is 7.42. The Kier molecular flexibility index (Phi) is 4.79. The summed E-state index contributed by atoms with van der Waals surface area (Å²) in [6, 6.07) is 7.94. The van der Waals surface area contributed by atoms with Crippen molar-refractivity contribution < 1.29 is 9.53 Å². The molecule has 0 aliphatic heterocycles. The van der Waals surface area contributed by atoms with Crippen molar-refractivity contribution >= 4 is 28.0 Å². The van der Waals surface area contributed by atoms with Gasteiger partial charge in [0.25, 0.3) is 5.56 Å². The van der Waals surface area contributed by atoms with Crippen molar-refractivity contribution in [1.82, 2.24) is 23.7 Å². The summed E-state index contributed by atoms with van der Waals surface area (Å²) in [7, 11) is 2.98. The molecule has 0 saturated heterocycles. The molecule has 150 valence electrons. The third-order valence-electron chi connectivity index (χ3n) is 5.09. The summed E-state index contributed by atoms with van der Waals surface area (Å²) in [5.41, 5.74) is 1.87. The Bertz CT molecular complexity index is 1320. The molecular formula is C20H21N5O4. The molecule has 4 aromatic rings. The van der Waals surface area contributed by atoms with Gasteiger partial charge in [0.05, 0.1) is 12.9 Å². The number of carbonyl (C=O) groups is 1. The van der Waals surface area contributed by atoms with Gasteiger partial charge in [0, 0.05) is 37.6 Å². The molecule has 3 heterocycles. The first-order valence-electron chi connectivity index (χ1n) is 9.29. The predicted molar refractivity (Wildman–Crippen MR) is 108 cm³/mol. The van der Waals surface area contributed by atoms with E-state index in [1.165, 1.54) is 17.9 Å². The van der Waals surface area contributed by atoms with Gasteiger partial charge in [0.2, 0.25) is 0 Å². The van der Waals surface area contributed by atoms with E-state index in [1.54, 1.807) is 11.6 Å². The molecule has 3 aromatic heterocycles. The molecule has 0 fully saturated rings. The fraction of sp³-hybridized carbons (Fsp3) is 0.300. The van der Waals surface area contributed by atoms with Gasteiger partial charge < -0.3 is 14.3 Å². The minimum Gasteiger partial charge on any atom is -0.464 e. The van der Waals surface area contributed by atoms with Gasteiger partial charge in [0.1, 0.15) is 6.61 Å². The number of aromatic amines is 1. The SMILES string of the molecule is Cn1c(=O)c2c(ncn2CCOC(=O)CCc2c[nH]c3ccccc23)n(C)c1=O. The maximum Gasteiger partial charge on any atom is 0.332 e. The standard InChI is InChI=1S/C20H21N5O4/c1-23-18-17(19(27)24(2)20(23)28)25(12-22-18)9-10-29-16(26)8-7-13-11-21-15-6-4-3-5-14(13)15/h3-6,11-12,21H,7-10H2,1-2H3. The first-order chi connectivity index (χ1) is 14.0. The predicted octanol–water partition coefficient (Wildman–Crippen LogP) is 1.09. The van der Waals surface area contributed by atoms with Gasteiger partial charge in [-0.2, -0.15) is 0 Å². The summed E-state index contributed by atoms with van der Waals surface area (Å²) < 4.78 is 9.28. The molecular weight excluding hydrogens is 374 g/mol. The number of nitrogens with zero attached hydrogens (tertiary/aromatic N) is 4. The fourth-order valence-electron chi connectivity index (χ4n) is 3.47. The molecule has 0 aliphatic carbocycles. The Morgan fingerprint density at radius 2 is 1.97 bits per heavy atom. The highest BCUT2D eigenvalue weighted by Gasteiger charge is 2.14. The van der Waals surface area contributed by atoms with E-state index in [9.17, 15) is 14.4 Å². The van der Waals surface area contributed by atoms with Gasteiger partial charge >= 0.3 is 11.7 Å². The van der Waals surface area contributed by atoms with Crippen molar-refractivity contribution in [1.29, 1.82) is 0 Å². The lowest BCUT2D eigenvalue weighted by molar-refractivity contribution is -0.143. The molecule has 0 radical (unpaired) electrons. The summed E-state index contributed by atoms with van der Waals surface area (Å²) >= 11 is 0. The van der Waals surface area contributed by atoms with Crippen LogP contribution in [0.1, 0.15) is 12.0 Å². The number of rotatable bonds is 6. The Morgan fingerprint density at radius 3 is 2.79 bits per heavy atom. The number of fused-ring (bicyclic) bond motifs is 2. The quantitative estimate of drug-likeness (QED) is 0.492. The lowest BCUT2D eigenvalue weighted by atomic mass is 10.1. The number of para-hydroxylation sites is 1. The minimum absolute atomic E-state index is 0.115. The van der Waals surface area contributed by atoms with Crippen molar-refractivity contribution in [2.45, 2.75) is 19.4 Å². The van der Waals surface area contributed by atoms with E-state index in [0.29, 0.717) is 17.6 Å². The smallest absolute Gasteiger partial charge is 0.332 e. The highest BCUT2D eigenvalue weighted by atomic mass is 16.5. The van der Waals surface area contributed by atoms with E-state index in [2.05, 4.69) is 9.97 Å². The van der Waals surface area contributed by atoms with Crippen LogP contribution in [0.4, 0.5) is 0 Å². The van der Waals surface area contributed by atoms with Gasteiger partial charge in [-0.1, -0.05) is 18.2 Å². The van der Waals surface area contributed by atoms with Crippen molar-refractivity contribution in [3.8, 4) is 0 Å². The molecule has 0 aliphatic rings. The largest absolute Gasteiger partial charge is 0.464 e. The number of hydrogen-bond acceptors (Lipinski definition) is 5. The monoisotopic (exact) mass is 395 g/mol. The zero-order chi connectivity index (χ0) is 20.5. The number of nitrogens with one attached hydrogen (secondary N) is 1. The summed E-state index contributed by atoms with van der Waals surface area (Å²) in [5.74, 6) is -0.306. The molecule has 0 saturated carbocycles. The maximum atomic E-state index is 12.4. The Morgan fingerprint density at radius 1 is 1.17 bits per heavy atom. The number of aromatic nitrogens is 5. The van der Waals surface area contributed by atoms with E-state index >= 15 is 0 Å². The molecule has 0 spiro atoms. The van der Waals surface area contributed by atoms with E-state index in [4.69, 9.17) is 4.74 Å². The summed E-state index contributed by atoms with van der Waals surface area (Å²) in [6.07, 6.45) is 4.24. The van der Waals surface area contributed by atoms with Crippen LogP contribution in [0.5, 0.6) is 0 Å². The van der Waals surface area contributed by atoms with Crippen LogP contribution < -0.4 is 11.2 Å². The van der Waals surface area contributed by atoms with E-state index < -0.39 is 11.2 Å². The van der Waals surface area contributed by atoms with Crippen LogP contribution in [0.3, 0.4) is 0 Å². The van der Waals surface area contributed by atoms with Gasteiger partial charge in [-0.15, -0.1) is 0 Å². The van der Waals surface area contributed by atoms with Crippen LogP contribution in [0.25, 0.3) is 22.1 Å². The molecule has 1 aromatic carbocycles. The third-order valence-corrected chi connectivity index (χ3v) is 5.09. The lowest BCUT2D eigenvalue weighted by Crippen LogP contribution is -2.37. The van der Waals surface area contributed by atoms with E-state index in [1.807, 2.05) is 30.5 Å². The summed E-state index contributed by atoms with van der Waals surface area (Å²) in [5, 5.41) is 1.10. The van der Waals surface area contributed by atoms with E-state index in [0.717, 1.165) is 21.0 Å². The summed E-state index contributed by atoms with van der Waals surface area (Å²) in [6.45, 7) is 0.396. The van der Waals surface area contributed by atoms with Crippen LogP contribution in [0.15, 0.2) is 46.4 Å². The molecule has 0 unspecified atom stereocenters. The molecule has 9 nitrogen and oxygen atoms in total. The zero-order valence-corrected chi connectivity index (χ0v) is 16.2. The van der Waals surface area contributed by atoms with Crippen LogP contribution in [-0.4, -0.2) is 36.2 Å². The van der Waals surface area contributed by atoms with Crippen molar-refractivity contribution in [3.05, 3.63) is 63.2 Å². The average Bonchev–Trinajstić information content (AvgIpc) is 3.33. The number of imidazole rings is 1. The minimum atomic E-state index is -0.434. The highest BCUT2D eigenvalue weighted by Crippen LogP contribution is 2.19. The zero-order valence-electron chi connectivity index (χ0n) is 16.2. The molecule has 29 heavy (non-hydrogen) atoms. The molecule has 0 bridgehead atoms. The van der Waals surface area contributed by atoms with Gasteiger partial charge in [-0.25, -0.2) is 9.78 Å². The van der Waals surface area contributed by atoms with Crippen LogP contribution in [-0.2, 0) is 36.6 Å². The van der Waals surface area contributed by atoms with Crippen molar-refractivity contribution in [2.24, 2.45) is 14.1 Å². The summed E-state index contributed by atoms with van der Waals surface area (Å²) in [4.78, 5) is 43.8. The Hall–Kier alpha value is -3.62. The lowest BCUT2D eigenvalue weighted by Gasteiger charge is -2.08. The maximum absolute atomic E-state index is 12.4. The van der Waals surface area contributed by atoms with Gasteiger partial charge in [0.15, 0.2) is 11.2 Å².